The highest BCUT2D eigenvalue weighted by molar-refractivity contribution is 5.67. The third-order valence-corrected chi connectivity index (χ3v) is 2.62. The molecule has 1 fully saturated rings. The Bertz CT molecular complexity index is 177. The van der Waals surface area contributed by atoms with Crippen molar-refractivity contribution in [2.45, 2.75) is 19.8 Å². The Labute approximate surface area is 85.6 Å². The monoisotopic (exact) mass is 200 g/mol. The van der Waals surface area contributed by atoms with Crippen LogP contribution in [0.3, 0.4) is 0 Å². The molecule has 1 heterocycles. The summed E-state index contributed by atoms with van der Waals surface area (Å²) in [4.78, 5) is 13.3. The number of carbonyl (C=O) groups is 1. The van der Waals surface area contributed by atoms with Crippen LogP contribution in [0, 0.1) is 5.92 Å². The van der Waals surface area contributed by atoms with Crippen molar-refractivity contribution in [3.05, 3.63) is 0 Å². The molecule has 1 aliphatic heterocycles. The lowest BCUT2D eigenvalue weighted by atomic mass is 10.00. The van der Waals surface area contributed by atoms with E-state index in [-0.39, 0.29) is 6.09 Å². The topological polar surface area (TPSA) is 41.6 Å². The van der Waals surface area contributed by atoms with Crippen LogP contribution in [0.4, 0.5) is 4.79 Å². The molecule has 1 N–H and O–H groups in total. The molecule has 0 aromatic rings. The summed E-state index contributed by atoms with van der Waals surface area (Å²) in [6.07, 6.45) is 2.04. The molecule has 0 unspecified atom stereocenters. The molecule has 0 aromatic carbocycles. The van der Waals surface area contributed by atoms with E-state index in [0.717, 1.165) is 38.4 Å². The zero-order chi connectivity index (χ0) is 10.4. The van der Waals surface area contributed by atoms with E-state index in [1.54, 1.807) is 4.90 Å². The van der Waals surface area contributed by atoms with Crippen molar-refractivity contribution in [3.63, 3.8) is 0 Å². The first-order valence-corrected chi connectivity index (χ1v) is 5.30. The Morgan fingerprint density at radius 2 is 2.14 bits per heavy atom. The summed E-state index contributed by atoms with van der Waals surface area (Å²) in [5.74, 6) is 0.747. The normalized spacial score (nSPS) is 18.3. The third-order valence-electron chi connectivity index (χ3n) is 2.62. The Morgan fingerprint density at radius 1 is 1.50 bits per heavy atom. The Hall–Kier alpha value is -0.770. The van der Waals surface area contributed by atoms with Gasteiger partial charge in [0.05, 0.1) is 0 Å². The van der Waals surface area contributed by atoms with E-state index in [4.69, 9.17) is 4.74 Å². The third kappa shape index (κ3) is 3.54. The summed E-state index contributed by atoms with van der Waals surface area (Å²) in [6.45, 7) is 5.10. The summed E-state index contributed by atoms with van der Waals surface area (Å²) < 4.78 is 5.08. The van der Waals surface area contributed by atoms with E-state index < -0.39 is 0 Å². The molecule has 0 saturated carbocycles. The molecule has 0 aliphatic carbocycles. The van der Waals surface area contributed by atoms with Gasteiger partial charge in [0, 0.05) is 19.6 Å². The average Bonchev–Trinajstić information content (AvgIpc) is 2.19. The summed E-state index contributed by atoms with van der Waals surface area (Å²) in [7, 11) is 1.84. The van der Waals surface area contributed by atoms with E-state index >= 15 is 0 Å². The second kappa shape index (κ2) is 5.86. The SMILES string of the molecule is CNCCOC(=O)N1CCC(C)CC1. The molecule has 14 heavy (non-hydrogen) atoms. The summed E-state index contributed by atoms with van der Waals surface area (Å²) in [5.41, 5.74) is 0. The van der Waals surface area contributed by atoms with E-state index in [0.29, 0.717) is 6.61 Å². The van der Waals surface area contributed by atoms with Crippen LogP contribution in [0.15, 0.2) is 0 Å². The quantitative estimate of drug-likeness (QED) is 0.693. The van der Waals surface area contributed by atoms with Crippen molar-refractivity contribution in [3.8, 4) is 0 Å². The molecule has 4 nitrogen and oxygen atoms in total. The maximum absolute atomic E-state index is 11.5. The van der Waals surface area contributed by atoms with Gasteiger partial charge in [0.15, 0.2) is 0 Å². The first kappa shape index (κ1) is 11.3. The molecule has 0 bridgehead atoms. The minimum atomic E-state index is -0.160. The number of hydrogen-bond donors (Lipinski definition) is 1. The highest BCUT2D eigenvalue weighted by Crippen LogP contribution is 2.16. The number of amides is 1. The smallest absolute Gasteiger partial charge is 0.409 e. The predicted octanol–water partition coefficient (Wildman–Crippen LogP) is 1.07. The predicted molar refractivity (Wildman–Crippen MR) is 55.2 cm³/mol. The number of hydrogen-bond acceptors (Lipinski definition) is 3. The van der Waals surface area contributed by atoms with Crippen molar-refractivity contribution >= 4 is 6.09 Å². The molecule has 0 spiro atoms. The van der Waals surface area contributed by atoms with Gasteiger partial charge in [-0.25, -0.2) is 4.79 Å². The molecule has 1 aliphatic rings. The van der Waals surface area contributed by atoms with Crippen molar-refractivity contribution < 1.29 is 9.53 Å². The van der Waals surface area contributed by atoms with Gasteiger partial charge in [0.2, 0.25) is 0 Å². The van der Waals surface area contributed by atoms with Gasteiger partial charge < -0.3 is 15.0 Å². The second-order valence-corrected chi connectivity index (χ2v) is 3.89. The highest BCUT2D eigenvalue weighted by Gasteiger charge is 2.20. The van der Waals surface area contributed by atoms with Crippen LogP contribution in [-0.4, -0.2) is 44.3 Å². The van der Waals surface area contributed by atoms with E-state index in [1.165, 1.54) is 0 Å². The van der Waals surface area contributed by atoms with Gasteiger partial charge in [-0.3, -0.25) is 0 Å². The Balaban J connectivity index is 2.17. The number of rotatable bonds is 3. The lowest BCUT2D eigenvalue weighted by molar-refractivity contribution is 0.0902. The van der Waals surface area contributed by atoms with Crippen molar-refractivity contribution in [2.75, 3.05) is 33.3 Å². The van der Waals surface area contributed by atoms with Crippen molar-refractivity contribution in [1.29, 1.82) is 0 Å². The van der Waals surface area contributed by atoms with Gasteiger partial charge in [-0.1, -0.05) is 6.92 Å². The molecular formula is C10H20N2O2. The maximum atomic E-state index is 11.5. The zero-order valence-electron chi connectivity index (χ0n) is 9.08. The van der Waals surface area contributed by atoms with E-state index in [2.05, 4.69) is 12.2 Å². The van der Waals surface area contributed by atoms with Crippen LogP contribution in [-0.2, 0) is 4.74 Å². The molecule has 1 amide bonds. The van der Waals surface area contributed by atoms with E-state index in [1.807, 2.05) is 7.05 Å². The molecular weight excluding hydrogens is 180 g/mol. The van der Waals surface area contributed by atoms with Gasteiger partial charge in [-0.2, -0.15) is 0 Å². The largest absolute Gasteiger partial charge is 0.448 e. The fourth-order valence-corrected chi connectivity index (χ4v) is 1.52. The number of piperidine rings is 1. The summed E-state index contributed by atoms with van der Waals surface area (Å²) >= 11 is 0. The Kier molecular flexibility index (Phi) is 4.73. The van der Waals surface area contributed by atoms with E-state index in [9.17, 15) is 4.79 Å². The van der Waals surface area contributed by atoms with Crippen LogP contribution in [0.5, 0.6) is 0 Å². The molecule has 82 valence electrons. The molecule has 0 radical (unpaired) electrons. The zero-order valence-corrected chi connectivity index (χ0v) is 9.08. The highest BCUT2D eigenvalue weighted by atomic mass is 16.6. The van der Waals surface area contributed by atoms with Gasteiger partial charge in [0.1, 0.15) is 6.61 Å². The number of carbonyl (C=O) groups excluding carboxylic acids is 1. The van der Waals surface area contributed by atoms with Crippen LogP contribution in [0.25, 0.3) is 0 Å². The summed E-state index contributed by atoms with van der Waals surface area (Å²) in [5, 5.41) is 2.94. The van der Waals surface area contributed by atoms with Crippen molar-refractivity contribution in [1.82, 2.24) is 10.2 Å². The number of likely N-dealkylation sites (N-methyl/N-ethyl adjacent to an activating group) is 1. The standard InChI is InChI=1S/C10H20N2O2/c1-9-3-6-12(7-4-9)10(13)14-8-5-11-2/h9,11H,3-8H2,1-2H3. The first-order valence-electron chi connectivity index (χ1n) is 5.30. The lowest BCUT2D eigenvalue weighted by Gasteiger charge is -2.29. The number of nitrogens with one attached hydrogen (secondary N) is 1. The maximum Gasteiger partial charge on any atom is 0.409 e. The minimum Gasteiger partial charge on any atom is -0.448 e. The second-order valence-electron chi connectivity index (χ2n) is 3.89. The molecule has 0 aromatic heterocycles. The van der Waals surface area contributed by atoms with Crippen LogP contribution < -0.4 is 5.32 Å². The van der Waals surface area contributed by atoms with Gasteiger partial charge >= 0.3 is 6.09 Å². The number of ether oxygens (including phenoxy) is 1. The lowest BCUT2D eigenvalue weighted by Crippen LogP contribution is -2.38. The van der Waals surface area contributed by atoms with Crippen molar-refractivity contribution in [2.24, 2.45) is 5.92 Å². The van der Waals surface area contributed by atoms with Crippen LogP contribution in [0.2, 0.25) is 0 Å². The summed E-state index contributed by atoms with van der Waals surface area (Å²) in [6, 6.07) is 0. The van der Waals surface area contributed by atoms with Gasteiger partial charge in [-0.05, 0) is 25.8 Å². The fraction of sp³-hybridized carbons (Fsp3) is 0.900. The molecule has 1 rings (SSSR count). The molecule has 4 heteroatoms. The van der Waals surface area contributed by atoms with Gasteiger partial charge in [-0.15, -0.1) is 0 Å². The minimum absolute atomic E-state index is 0.160. The molecule has 0 atom stereocenters. The Morgan fingerprint density at radius 3 is 2.71 bits per heavy atom. The molecule has 1 saturated heterocycles. The van der Waals surface area contributed by atoms with Gasteiger partial charge in [0.25, 0.3) is 0 Å². The fourth-order valence-electron chi connectivity index (χ4n) is 1.52. The van der Waals surface area contributed by atoms with Crippen LogP contribution in [0.1, 0.15) is 19.8 Å². The first-order chi connectivity index (χ1) is 6.74. The number of likely N-dealkylation sites (tertiary alicyclic amines) is 1. The average molecular weight is 200 g/mol. The van der Waals surface area contributed by atoms with Crippen LogP contribution >= 0.6 is 0 Å². The number of nitrogens with zero attached hydrogens (tertiary/aromatic N) is 1.